The van der Waals surface area contributed by atoms with Gasteiger partial charge in [-0.3, -0.25) is 4.79 Å². The summed E-state index contributed by atoms with van der Waals surface area (Å²) in [5, 5.41) is 6.35. The summed E-state index contributed by atoms with van der Waals surface area (Å²) in [6.07, 6.45) is 6.19. The first-order valence-electron chi connectivity index (χ1n) is 12.2. The molecule has 2 fully saturated rings. The first-order chi connectivity index (χ1) is 15.5. The summed E-state index contributed by atoms with van der Waals surface area (Å²) >= 11 is 0. The first-order valence-corrected chi connectivity index (χ1v) is 12.2. The van der Waals surface area contributed by atoms with Crippen molar-refractivity contribution in [2.45, 2.75) is 71.6 Å². The standard InChI is InChI=1S/C25H40N4O3/c1-4-26-25(27-17-20-8-10-21(11-9-20)28-24(30)19(2)3)29-14-12-22(13-15-29)32-18-23-7-5-6-16-31-23/h8-11,19,22-23H,4-7,12-18H2,1-3H3,(H,26,27)(H,28,30). The minimum Gasteiger partial charge on any atom is -0.376 e. The van der Waals surface area contributed by atoms with Crippen molar-refractivity contribution < 1.29 is 14.3 Å². The summed E-state index contributed by atoms with van der Waals surface area (Å²) in [6, 6.07) is 7.93. The fourth-order valence-electron chi connectivity index (χ4n) is 3.99. The zero-order chi connectivity index (χ0) is 22.8. The average molecular weight is 445 g/mol. The lowest BCUT2D eigenvalue weighted by molar-refractivity contribution is -0.118. The smallest absolute Gasteiger partial charge is 0.226 e. The van der Waals surface area contributed by atoms with E-state index >= 15 is 0 Å². The van der Waals surface area contributed by atoms with Crippen molar-refractivity contribution in [2.75, 3.05) is 38.2 Å². The molecule has 32 heavy (non-hydrogen) atoms. The Balaban J connectivity index is 1.46. The SMILES string of the molecule is CCNC(=NCc1ccc(NC(=O)C(C)C)cc1)N1CCC(OCC2CCCCO2)CC1. The van der Waals surface area contributed by atoms with Gasteiger partial charge in [0.2, 0.25) is 5.91 Å². The van der Waals surface area contributed by atoms with Crippen molar-refractivity contribution in [3.63, 3.8) is 0 Å². The van der Waals surface area contributed by atoms with Crippen molar-refractivity contribution in [1.82, 2.24) is 10.2 Å². The second-order valence-corrected chi connectivity index (χ2v) is 9.02. The van der Waals surface area contributed by atoms with E-state index in [-0.39, 0.29) is 17.9 Å². The zero-order valence-corrected chi connectivity index (χ0v) is 19.9. The number of benzene rings is 1. The van der Waals surface area contributed by atoms with Crippen molar-refractivity contribution in [1.29, 1.82) is 0 Å². The number of nitrogens with zero attached hydrogens (tertiary/aromatic N) is 2. The number of anilines is 1. The Hall–Kier alpha value is -2.12. The summed E-state index contributed by atoms with van der Waals surface area (Å²) in [7, 11) is 0. The van der Waals surface area contributed by atoms with Gasteiger partial charge in [0.15, 0.2) is 5.96 Å². The molecule has 178 valence electrons. The van der Waals surface area contributed by atoms with E-state index in [1.54, 1.807) is 0 Å². The third kappa shape index (κ3) is 7.78. The van der Waals surface area contributed by atoms with Gasteiger partial charge in [-0.1, -0.05) is 26.0 Å². The number of ether oxygens (including phenoxy) is 2. The number of nitrogens with one attached hydrogen (secondary N) is 2. The molecule has 2 aliphatic rings. The van der Waals surface area contributed by atoms with Crippen LogP contribution in [0.4, 0.5) is 5.69 Å². The Morgan fingerprint density at radius 2 is 1.94 bits per heavy atom. The summed E-state index contributed by atoms with van der Waals surface area (Å²) in [5.41, 5.74) is 1.94. The van der Waals surface area contributed by atoms with E-state index in [1.165, 1.54) is 12.8 Å². The Labute approximate surface area is 192 Å². The Morgan fingerprint density at radius 3 is 2.56 bits per heavy atom. The average Bonchev–Trinajstić information content (AvgIpc) is 2.82. The summed E-state index contributed by atoms with van der Waals surface area (Å²) in [6.45, 7) is 10.8. The third-order valence-corrected chi connectivity index (χ3v) is 6.03. The van der Waals surface area contributed by atoms with E-state index in [0.717, 1.165) is 69.3 Å². The van der Waals surface area contributed by atoms with Gasteiger partial charge in [0.1, 0.15) is 0 Å². The maximum Gasteiger partial charge on any atom is 0.226 e. The van der Waals surface area contributed by atoms with Gasteiger partial charge in [-0.25, -0.2) is 4.99 Å². The fraction of sp³-hybridized carbons (Fsp3) is 0.680. The number of likely N-dealkylation sites (tertiary alicyclic amines) is 1. The van der Waals surface area contributed by atoms with E-state index in [4.69, 9.17) is 14.5 Å². The van der Waals surface area contributed by atoms with E-state index in [9.17, 15) is 4.79 Å². The lowest BCUT2D eigenvalue weighted by atomic mass is 10.1. The summed E-state index contributed by atoms with van der Waals surface area (Å²) < 4.78 is 11.9. The predicted octanol–water partition coefficient (Wildman–Crippen LogP) is 3.80. The molecule has 7 heteroatoms. The van der Waals surface area contributed by atoms with Crippen LogP contribution < -0.4 is 10.6 Å². The molecular weight excluding hydrogens is 404 g/mol. The number of rotatable bonds is 8. The van der Waals surface area contributed by atoms with Gasteiger partial charge in [-0.05, 0) is 56.7 Å². The molecule has 2 N–H and O–H groups in total. The van der Waals surface area contributed by atoms with Crippen LogP contribution in [0.2, 0.25) is 0 Å². The van der Waals surface area contributed by atoms with E-state index in [1.807, 2.05) is 38.1 Å². The number of hydrogen-bond donors (Lipinski definition) is 2. The lowest BCUT2D eigenvalue weighted by Crippen LogP contribution is -2.47. The molecular formula is C25H40N4O3. The Bertz CT molecular complexity index is 721. The van der Waals surface area contributed by atoms with Crippen LogP contribution in [0.5, 0.6) is 0 Å². The zero-order valence-electron chi connectivity index (χ0n) is 19.9. The molecule has 2 aliphatic heterocycles. The van der Waals surface area contributed by atoms with Crippen molar-refractivity contribution >= 4 is 17.6 Å². The van der Waals surface area contributed by atoms with Gasteiger partial charge in [-0.2, -0.15) is 0 Å². The molecule has 0 radical (unpaired) electrons. The summed E-state index contributed by atoms with van der Waals surface area (Å²) in [5.74, 6) is 0.958. The van der Waals surface area contributed by atoms with E-state index in [0.29, 0.717) is 12.6 Å². The van der Waals surface area contributed by atoms with Crippen molar-refractivity contribution in [3.8, 4) is 0 Å². The van der Waals surface area contributed by atoms with Gasteiger partial charge in [0.25, 0.3) is 0 Å². The topological polar surface area (TPSA) is 75.2 Å². The van der Waals surface area contributed by atoms with Gasteiger partial charge in [0.05, 0.1) is 25.4 Å². The number of guanidine groups is 1. The van der Waals surface area contributed by atoms with Crippen LogP contribution in [0.1, 0.15) is 58.4 Å². The second-order valence-electron chi connectivity index (χ2n) is 9.02. The number of piperidine rings is 1. The van der Waals surface area contributed by atoms with Crippen LogP contribution in [-0.4, -0.2) is 61.8 Å². The number of hydrogen-bond acceptors (Lipinski definition) is 4. The fourth-order valence-corrected chi connectivity index (χ4v) is 3.99. The summed E-state index contributed by atoms with van der Waals surface area (Å²) in [4.78, 5) is 19.0. The van der Waals surface area contributed by atoms with Crippen LogP contribution >= 0.6 is 0 Å². The highest BCUT2D eigenvalue weighted by Gasteiger charge is 2.23. The predicted molar refractivity (Wildman–Crippen MR) is 129 cm³/mol. The van der Waals surface area contributed by atoms with Gasteiger partial charge >= 0.3 is 0 Å². The van der Waals surface area contributed by atoms with E-state index < -0.39 is 0 Å². The van der Waals surface area contributed by atoms with Crippen LogP contribution in [-0.2, 0) is 20.8 Å². The van der Waals surface area contributed by atoms with Crippen molar-refractivity contribution in [2.24, 2.45) is 10.9 Å². The van der Waals surface area contributed by atoms with Crippen LogP contribution in [0.25, 0.3) is 0 Å². The quantitative estimate of drug-likeness (QED) is 0.471. The maximum absolute atomic E-state index is 11.8. The first kappa shape index (κ1) is 24.5. The molecule has 1 aromatic carbocycles. The van der Waals surface area contributed by atoms with Crippen LogP contribution in [0.3, 0.4) is 0 Å². The Kier molecular flexibility index (Phi) is 9.81. The van der Waals surface area contributed by atoms with E-state index in [2.05, 4.69) is 22.5 Å². The monoisotopic (exact) mass is 444 g/mol. The molecule has 1 aromatic rings. The van der Waals surface area contributed by atoms with Crippen LogP contribution in [0, 0.1) is 5.92 Å². The minimum atomic E-state index is -0.0305. The lowest BCUT2D eigenvalue weighted by Gasteiger charge is -2.35. The van der Waals surface area contributed by atoms with Gasteiger partial charge < -0.3 is 25.0 Å². The van der Waals surface area contributed by atoms with Crippen LogP contribution in [0.15, 0.2) is 29.3 Å². The molecule has 2 heterocycles. The molecule has 7 nitrogen and oxygen atoms in total. The molecule has 0 spiro atoms. The minimum absolute atomic E-state index is 0.0305. The maximum atomic E-state index is 11.8. The highest BCUT2D eigenvalue weighted by Crippen LogP contribution is 2.18. The normalized spacial score (nSPS) is 20.4. The molecule has 1 amide bonds. The molecule has 3 rings (SSSR count). The molecule has 0 aliphatic carbocycles. The van der Waals surface area contributed by atoms with Gasteiger partial charge in [-0.15, -0.1) is 0 Å². The van der Waals surface area contributed by atoms with Gasteiger partial charge in [0, 0.05) is 37.8 Å². The molecule has 2 saturated heterocycles. The number of amides is 1. The largest absolute Gasteiger partial charge is 0.376 e. The number of carbonyl (C=O) groups excluding carboxylic acids is 1. The highest BCUT2D eigenvalue weighted by atomic mass is 16.5. The molecule has 0 aromatic heterocycles. The molecule has 0 saturated carbocycles. The number of carbonyl (C=O) groups is 1. The second kappa shape index (κ2) is 12.8. The molecule has 0 bridgehead atoms. The molecule has 1 atom stereocenters. The number of aliphatic imine (C=N–C) groups is 1. The third-order valence-electron chi connectivity index (χ3n) is 6.03. The highest BCUT2D eigenvalue weighted by molar-refractivity contribution is 5.92. The van der Waals surface area contributed by atoms with Crippen molar-refractivity contribution in [3.05, 3.63) is 29.8 Å². The molecule has 1 unspecified atom stereocenters. The Morgan fingerprint density at radius 1 is 1.19 bits per heavy atom.